The third-order valence-corrected chi connectivity index (χ3v) is 6.26. The summed E-state index contributed by atoms with van der Waals surface area (Å²) in [6.45, 7) is 0.438. The summed E-state index contributed by atoms with van der Waals surface area (Å²) in [4.78, 5) is 16.9. The number of urea groups is 1. The van der Waals surface area contributed by atoms with Crippen LogP contribution < -0.4 is 15.4 Å². The molecule has 7 heteroatoms. The summed E-state index contributed by atoms with van der Waals surface area (Å²) in [5.41, 5.74) is 4.46. The number of ether oxygens (including phenoxy) is 1. The molecule has 1 aromatic heterocycles. The van der Waals surface area contributed by atoms with Gasteiger partial charge >= 0.3 is 6.03 Å². The van der Waals surface area contributed by atoms with Crippen LogP contribution in [-0.4, -0.2) is 28.2 Å². The fraction of sp³-hybridized carbons (Fsp3) is 0.320. The van der Waals surface area contributed by atoms with Gasteiger partial charge in [-0.2, -0.15) is 5.26 Å². The summed E-state index contributed by atoms with van der Waals surface area (Å²) < 4.78 is 8.19. The van der Waals surface area contributed by atoms with E-state index in [0.29, 0.717) is 23.5 Å². The van der Waals surface area contributed by atoms with Crippen LogP contribution in [0.3, 0.4) is 0 Å². The van der Waals surface area contributed by atoms with Gasteiger partial charge in [0.1, 0.15) is 11.8 Å². The molecular formula is C25H25N5O2. The van der Waals surface area contributed by atoms with Crippen molar-refractivity contribution in [3.05, 3.63) is 66.1 Å². The number of carbonyl (C=O) groups is 1. The lowest BCUT2D eigenvalue weighted by Gasteiger charge is -2.23. The molecule has 0 saturated heterocycles. The Hall–Kier alpha value is -3.79. The van der Waals surface area contributed by atoms with E-state index in [1.54, 1.807) is 24.5 Å². The molecule has 1 saturated carbocycles. The Labute approximate surface area is 187 Å². The van der Waals surface area contributed by atoms with Crippen LogP contribution in [0.2, 0.25) is 0 Å². The van der Waals surface area contributed by atoms with Crippen LogP contribution in [0.5, 0.6) is 5.75 Å². The minimum Gasteiger partial charge on any atom is -0.489 e. The zero-order valence-corrected chi connectivity index (χ0v) is 17.8. The maximum absolute atomic E-state index is 12.6. The average Bonchev–Trinajstić information content (AvgIpc) is 3.40. The SMILES string of the molecule is N#Cc1ccc(NC(=O)NCC2c3ccccc3-c3cncn32)cc1OC1CCCCC1. The second-order valence-corrected chi connectivity index (χ2v) is 8.32. The van der Waals surface area contributed by atoms with Gasteiger partial charge in [0, 0.05) is 23.9 Å². The Bertz CT molecular complexity index is 1170. The highest BCUT2D eigenvalue weighted by Gasteiger charge is 2.28. The maximum Gasteiger partial charge on any atom is 0.319 e. The first-order valence-corrected chi connectivity index (χ1v) is 11.1. The van der Waals surface area contributed by atoms with Gasteiger partial charge in [-0.1, -0.05) is 30.7 Å². The molecule has 7 nitrogen and oxygen atoms in total. The van der Waals surface area contributed by atoms with Crippen molar-refractivity contribution in [2.45, 2.75) is 44.2 Å². The van der Waals surface area contributed by atoms with Gasteiger partial charge in [0.2, 0.25) is 0 Å². The highest BCUT2D eigenvalue weighted by atomic mass is 16.5. The first-order valence-electron chi connectivity index (χ1n) is 11.1. The van der Waals surface area contributed by atoms with Crippen LogP contribution in [0, 0.1) is 11.3 Å². The molecule has 2 aliphatic rings. The highest BCUT2D eigenvalue weighted by Crippen LogP contribution is 2.38. The fourth-order valence-corrected chi connectivity index (χ4v) is 4.66. The van der Waals surface area contributed by atoms with Crippen LogP contribution in [0.1, 0.15) is 49.3 Å². The number of hydrogen-bond donors (Lipinski definition) is 2. The van der Waals surface area contributed by atoms with Crippen LogP contribution >= 0.6 is 0 Å². The summed E-state index contributed by atoms with van der Waals surface area (Å²) in [7, 11) is 0. The predicted octanol–water partition coefficient (Wildman–Crippen LogP) is 4.86. The molecule has 2 amide bonds. The summed E-state index contributed by atoms with van der Waals surface area (Å²) in [6, 6.07) is 15.2. The van der Waals surface area contributed by atoms with Gasteiger partial charge in [-0.15, -0.1) is 0 Å². The van der Waals surface area contributed by atoms with Crippen molar-refractivity contribution in [3.8, 4) is 23.1 Å². The number of aromatic nitrogens is 2. The number of rotatable bonds is 5. The quantitative estimate of drug-likeness (QED) is 0.608. The van der Waals surface area contributed by atoms with E-state index >= 15 is 0 Å². The first kappa shape index (κ1) is 20.1. The molecular weight excluding hydrogens is 402 g/mol. The summed E-state index contributed by atoms with van der Waals surface area (Å²) in [6.07, 6.45) is 9.32. The minimum absolute atomic E-state index is 0.000565. The van der Waals surface area contributed by atoms with Crippen molar-refractivity contribution in [3.63, 3.8) is 0 Å². The molecule has 2 heterocycles. The molecule has 1 aliphatic heterocycles. The molecule has 32 heavy (non-hydrogen) atoms. The lowest BCUT2D eigenvalue weighted by atomic mass is 9.97. The Morgan fingerprint density at radius 3 is 2.88 bits per heavy atom. The third kappa shape index (κ3) is 3.92. The van der Waals surface area contributed by atoms with Crippen molar-refractivity contribution in [2.24, 2.45) is 0 Å². The zero-order chi connectivity index (χ0) is 21.9. The summed E-state index contributed by atoms with van der Waals surface area (Å²) in [5, 5.41) is 15.3. The molecule has 3 aromatic rings. The predicted molar refractivity (Wildman–Crippen MR) is 121 cm³/mol. The molecule has 1 atom stereocenters. The lowest BCUT2D eigenvalue weighted by molar-refractivity contribution is 0.154. The van der Waals surface area contributed by atoms with Gasteiger partial charge in [0.05, 0.1) is 35.9 Å². The Morgan fingerprint density at radius 1 is 1.19 bits per heavy atom. The van der Waals surface area contributed by atoms with E-state index in [0.717, 1.165) is 36.9 Å². The van der Waals surface area contributed by atoms with Crippen LogP contribution in [0.15, 0.2) is 55.0 Å². The topological polar surface area (TPSA) is 92.0 Å². The number of anilines is 1. The second-order valence-electron chi connectivity index (χ2n) is 8.32. The van der Waals surface area contributed by atoms with E-state index in [4.69, 9.17) is 4.74 Å². The number of amides is 2. The van der Waals surface area contributed by atoms with Gasteiger partial charge in [0.25, 0.3) is 0 Å². The molecule has 2 aromatic carbocycles. The van der Waals surface area contributed by atoms with Gasteiger partial charge in [-0.05, 0) is 43.4 Å². The van der Waals surface area contributed by atoms with Crippen LogP contribution in [0.25, 0.3) is 11.3 Å². The molecule has 162 valence electrons. The van der Waals surface area contributed by atoms with Crippen molar-refractivity contribution in [1.82, 2.24) is 14.9 Å². The van der Waals surface area contributed by atoms with E-state index in [1.807, 2.05) is 18.3 Å². The molecule has 0 spiro atoms. The fourth-order valence-electron chi connectivity index (χ4n) is 4.66. The van der Waals surface area contributed by atoms with E-state index in [1.165, 1.54) is 12.0 Å². The minimum atomic E-state index is -0.302. The lowest BCUT2D eigenvalue weighted by Crippen LogP contribution is -2.33. The number of carbonyl (C=O) groups excluding carboxylic acids is 1. The molecule has 1 aliphatic carbocycles. The standard InChI is InChI=1S/C25H25N5O2/c26-13-17-10-11-18(12-24(17)32-19-6-2-1-3-7-19)29-25(31)28-15-23-21-9-5-4-8-20(21)22-14-27-16-30(22)23/h4-5,8-12,14,16,19,23H,1-3,6-7,15H2,(H2,28,29,31). The summed E-state index contributed by atoms with van der Waals surface area (Å²) in [5.74, 6) is 0.532. The number of benzene rings is 2. The smallest absolute Gasteiger partial charge is 0.319 e. The average molecular weight is 428 g/mol. The van der Waals surface area contributed by atoms with Crippen molar-refractivity contribution >= 4 is 11.7 Å². The molecule has 2 N–H and O–H groups in total. The zero-order valence-electron chi connectivity index (χ0n) is 17.8. The van der Waals surface area contributed by atoms with Crippen molar-refractivity contribution in [2.75, 3.05) is 11.9 Å². The number of imidazole rings is 1. The van der Waals surface area contributed by atoms with Crippen molar-refractivity contribution in [1.29, 1.82) is 5.26 Å². The molecule has 0 bridgehead atoms. The molecule has 1 unspecified atom stereocenters. The number of nitrogens with one attached hydrogen (secondary N) is 2. The maximum atomic E-state index is 12.6. The first-order chi connectivity index (χ1) is 15.7. The van der Waals surface area contributed by atoms with Crippen LogP contribution in [0.4, 0.5) is 10.5 Å². The number of fused-ring (bicyclic) bond motifs is 3. The third-order valence-electron chi connectivity index (χ3n) is 6.26. The molecule has 0 radical (unpaired) electrons. The van der Waals surface area contributed by atoms with E-state index in [9.17, 15) is 10.1 Å². The molecule has 1 fully saturated rings. The Kier molecular flexibility index (Phi) is 5.51. The number of hydrogen-bond acceptors (Lipinski definition) is 4. The monoisotopic (exact) mass is 427 g/mol. The summed E-state index contributed by atoms with van der Waals surface area (Å²) >= 11 is 0. The number of nitrogens with zero attached hydrogens (tertiary/aromatic N) is 3. The van der Waals surface area contributed by atoms with Gasteiger partial charge in [-0.25, -0.2) is 9.78 Å². The highest BCUT2D eigenvalue weighted by molar-refractivity contribution is 5.89. The van der Waals surface area contributed by atoms with Gasteiger partial charge < -0.3 is 19.9 Å². The van der Waals surface area contributed by atoms with Crippen molar-refractivity contribution < 1.29 is 9.53 Å². The number of nitriles is 1. The van der Waals surface area contributed by atoms with E-state index < -0.39 is 0 Å². The molecule has 5 rings (SSSR count). The van der Waals surface area contributed by atoms with Gasteiger partial charge in [-0.3, -0.25) is 0 Å². The normalized spacial score (nSPS) is 17.2. The van der Waals surface area contributed by atoms with Gasteiger partial charge in [0.15, 0.2) is 0 Å². The Balaban J connectivity index is 1.25. The van der Waals surface area contributed by atoms with E-state index in [-0.39, 0.29) is 18.2 Å². The largest absolute Gasteiger partial charge is 0.489 e. The Morgan fingerprint density at radius 2 is 2.03 bits per heavy atom. The second kappa shape index (κ2) is 8.75. The van der Waals surface area contributed by atoms with Crippen LogP contribution in [-0.2, 0) is 0 Å². The van der Waals surface area contributed by atoms with E-state index in [2.05, 4.69) is 38.4 Å².